The number of hydrogen-bond donors (Lipinski definition) is 1. The number of fused-ring (bicyclic) bond motifs is 1. The van der Waals surface area contributed by atoms with Crippen LogP contribution in [-0.2, 0) is 5.41 Å². The molecular weight excluding hydrogens is 232 g/mol. The van der Waals surface area contributed by atoms with E-state index in [9.17, 15) is 9.90 Å². The molecule has 0 aliphatic rings. The van der Waals surface area contributed by atoms with Gasteiger partial charge in [-0.25, -0.2) is 9.78 Å². The number of methoxy groups -OCH3 is 1. The van der Waals surface area contributed by atoms with Crippen molar-refractivity contribution in [1.29, 1.82) is 0 Å². The number of carbonyl (C=O) groups is 1. The molecule has 0 saturated heterocycles. The lowest BCUT2D eigenvalue weighted by Crippen LogP contribution is -2.16. The Labute approximate surface area is 105 Å². The second kappa shape index (κ2) is 4.01. The molecular formula is C13H16N2O3. The Morgan fingerprint density at radius 3 is 2.56 bits per heavy atom. The van der Waals surface area contributed by atoms with Crippen LogP contribution in [0.5, 0.6) is 5.75 Å². The summed E-state index contributed by atoms with van der Waals surface area (Å²) in [5.74, 6) is 0.351. The first kappa shape index (κ1) is 12.4. The number of ether oxygens (including phenoxy) is 1. The lowest BCUT2D eigenvalue weighted by Gasteiger charge is -2.16. The summed E-state index contributed by atoms with van der Waals surface area (Å²) < 4.78 is 6.94. The molecule has 5 heteroatoms. The summed E-state index contributed by atoms with van der Waals surface area (Å²) >= 11 is 0. The fourth-order valence-electron chi connectivity index (χ4n) is 1.87. The summed E-state index contributed by atoms with van der Waals surface area (Å²) in [7, 11) is 1.58. The van der Waals surface area contributed by atoms with Crippen LogP contribution in [0, 0.1) is 0 Å². The zero-order valence-electron chi connectivity index (χ0n) is 10.9. The molecule has 0 bridgehead atoms. The van der Waals surface area contributed by atoms with Crippen LogP contribution in [0.1, 0.15) is 37.1 Å². The average molecular weight is 248 g/mol. The third-order valence-corrected chi connectivity index (χ3v) is 2.72. The van der Waals surface area contributed by atoms with Crippen LogP contribution in [-0.4, -0.2) is 27.6 Å². The number of aromatic carboxylic acids is 1. The van der Waals surface area contributed by atoms with Gasteiger partial charge in [0.25, 0.3) is 0 Å². The van der Waals surface area contributed by atoms with Crippen LogP contribution >= 0.6 is 0 Å². The summed E-state index contributed by atoms with van der Waals surface area (Å²) in [5, 5.41) is 9.18. The first-order valence-electron chi connectivity index (χ1n) is 5.64. The van der Waals surface area contributed by atoms with Crippen molar-refractivity contribution in [3.63, 3.8) is 0 Å². The van der Waals surface area contributed by atoms with Gasteiger partial charge in [0.2, 0.25) is 0 Å². The molecule has 0 radical (unpaired) electrons. The van der Waals surface area contributed by atoms with E-state index in [4.69, 9.17) is 4.74 Å². The van der Waals surface area contributed by atoms with E-state index in [2.05, 4.69) is 4.98 Å². The number of carboxylic acid groups (broad SMARTS) is 1. The van der Waals surface area contributed by atoms with Crippen LogP contribution in [0.2, 0.25) is 0 Å². The standard InChI is InChI=1S/C13H16N2O3/c1-13(2,3)12-14-10(11(16)17)9-6-5-8(18-4)7-15(9)12/h5-7H,1-4H3,(H,16,17). The Morgan fingerprint density at radius 2 is 2.06 bits per heavy atom. The highest BCUT2D eigenvalue weighted by Crippen LogP contribution is 2.26. The van der Waals surface area contributed by atoms with Gasteiger partial charge in [0.15, 0.2) is 5.69 Å². The van der Waals surface area contributed by atoms with E-state index in [-0.39, 0.29) is 11.1 Å². The molecule has 0 aliphatic carbocycles. The zero-order chi connectivity index (χ0) is 13.5. The van der Waals surface area contributed by atoms with E-state index < -0.39 is 5.97 Å². The van der Waals surface area contributed by atoms with Gasteiger partial charge in [-0.1, -0.05) is 20.8 Å². The molecule has 2 rings (SSSR count). The Bertz CT molecular complexity index is 608. The maximum Gasteiger partial charge on any atom is 0.356 e. The molecule has 0 fully saturated rings. The summed E-state index contributed by atoms with van der Waals surface area (Å²) in [6.45, 7) is 5.98. The van der Waals surface area contributed by atoms with Crippen LogP contribution in [0.3, 0.4) is 0 Å². The summed E-state index contributed by atoms with van der Waals surface area (Å²) in [6, 6.07) is 3.44. The molecule has 0 aromatic carbocycles. The summed E-state index contributed by atoms with van der Waals surface area (Å²) in [4.78, 5) is 15.4. The predicted octanol–water partition coefficient (Wildman–Crippen LogP) is 2.34. The maximum absolute atomic E-state index is 11.2. The Balaban J connectivity index is 2.81. The number of aromatic nitrogens is 2. The van der Waals surface area contributed by atoms with Gasteiger partial charge in [0, 0.05) is 5.41 Å². The molecule has 18 heavy (non-hydrogen) atoms. The fraction of sp³-hybridized carbons (Fsp3) is 0.385. The van der Waals surface area contributed by atoms with Crippen molar-refractivity contribution in [2.24, 2.45) is 0 Å². The lowest BCUT2D eigenvalue weighted by molar-refractivity contribution is 0.0693. The lowest BCUT2D eigenvalue weighted by atomic mass is 9.96. The monoisotopic (exact) mass is 248 g/mol. The molecule has 1 N–H and O–H groups in total. The SMILES string of the molecule is COc1ccc2c(C(=O)O)nc(C(C)(C)C)n2c1. The van der Waals surface area contributed by atoms with Gasteiger partial charge in [-0.2, -0.15) is 0 Å². The van der Waals surface area contributed by atoms with Gasteiger partial charge in [0.1, 0.15) is 11.6 Å². The van der Waals surface area contributed by atoms with Crippen LogP contribution in [0.4, 0.5) is 0 Å². The average Bonchev–Trinajstić information content (AvgIpc) is 2.66. The van der Waals surface area contributed by atoms with Gasteiger partial charge in [0.05, 0.1) is 18.8 Å². The second-order valence-electron chi connectivity index (χ2n) is 5.16. The van der Waals surface area contributed by atoms with Gasteiger partial charge in [-0.05, 0) is 12.1 Å². The molecule has 0 unspecified atom stereocenters. The summed E-state index contributed by atoms with van der Waals surface area (Å²) in [5.41, 5.74) is 0.402. The fourth-order valence-corrected chi connectivity index (χ4v) is 1.87. The van der Waals surface area contributed by atoms with Gasteiger partial charge in [-0.3, -0.25) is 4.40 Å². The van der Waals surface area contributed by atoms with E-state index in [0.29, 0.717) is 17.1 Å². The van der Waals surface area contributed by atoms with Crippen molar-refractivity contribution in [2.75, 3.05) is 7.11 Å². The highest BCUT2D eigenvalue weighted by molar-refractivity contribution is 5.93. The number of rotatable bonds is 2. The molecule has 0 atom stereocenters. The smallest absolute Gasteiger partial charge is 0.356 e. The molecule has 0 saturated carbocycles. The predicted molar refractivity (Wildman–Crippen MR) is 67.4 cm³/mol. The van der Waals surface area contributed by atoms with E-state index in [1.54, 1.807) is 29.8 Å². The number of hydrogen-bond acceptors (Lipinski definition) is 3. The van der Waals surface area contributed by atoms with Crippen molar-refractivity contribution in [2.45, 2.75) is 26.2 Å². The number of nitrogens with zero attached hydrogens (tertiary/aromatic N) is 2. The van der Waals surface area contributed by atoms with Gasteiger partial charge < -0.3 is 9.84 Å². The Morgan fingerprint density at radius 1 is 1.39 bits per heavy atom. The van der Waals surface area contributed by atoms with Crippen molar-refractivity contribution < 1.29 is 14.6 Å². The molecule has 2 aromatic rings. The van der Waals surface area contributed by atoms with Crippen LogP contribution in [0.15, 0.2) is 18.3 Å². The highest BCUT2D eigenvalue weighted by Gasteiger charge is 2.25. The molecule has 96 valence electrons. The Hall–Kier alpha value is -2.04. The highest BCUT2D eigenvalue weighted by atomic mass is 16.5. The van der Waals surface area contributed by atoms with Gasteiger partial charge in [-0.15, -0.1) is 0 Å². The number of carboxylic acids is 1. The minimum atomic E-state index is -1.02. The van der Waals surface area contributed by atoms with Crippen LogP contribution in [0.25, 0.3) is 5.52 Å². The Kier molecular flexibility index (Phi) is 2.77. The first-order valence-corrected chi connectivity index (χ1v) is 5.64. The quantitative estimate of drug-likeness (QED) is 0.886. The number of imidazole rings is 1. The van der Waals surface area contributed by atoms with Crippen molar-refractivity contribution in [3.8, 4) is 5.75 Å². The molecule has 2 heterocycles. The van der Waals surface area contributed by atoms with E-state index in [1.807, 2.05) is 20.8 Å². The second-order valence-corrected chi connectivity index (χ2v) is 5.16. The minimum Gasteiger partial charge on any atom is -0.495 e. The van der Waals surface area contributed by atoms with Gasteiger partial charge >= 0.3 is 5.97 Å². The first-order chi connectivity index (χ1) is 8.34. The minimum absolute atomic E-state index is 0.0718. The molecule has 5 nitrogen and oxygen atoms in total. The molecule has 0 aliphatic heterocycles. The van der Waals surface area contributed by atoms with Crippen LogP contribution < -0.4 is 4.74 Å². The van der Waals surface area contributed by atoms with Crippen molar-refractivity contribution >= 4 is 11.5 Å². The van der Waals surface area contributed by atoms with E-state index in [1.165, 1.54) is 0 Å². The van der Waals surface area contributed by atoms with Crippen molar-refractivity contribution in [1.82, 2.24) is 9.38 Å². The third-order valence-electron chi connectivity index (χ3n) is 2.72. The maximum atomic E-state index is 11.2. The zero-order valence-corrected chi connectivity index (χ0v) is 10.9. The van der Waals surface area contributed by atoms with E-state index in [0.717, 1.165) is 0 Å². The summed E-state index contributed by atoms with van der Waals surface area (Å²) in [6.07, 6.45) is 1.76. The van der Waals surface area contributed by atoms with E-state index >= 15 is 0 Å². The molecule has 2 aromatic heterocycles. The molecule has 0 spiro atoms. The number of pyridine rings is 1. The molecule has 0 amide bonds. The largest absolute Gasteiger partial charge is 0.495 e. The topological polar surface area (TPSA) is 63.8 Å². The normalized spacial score (nSPS) is 11.8. The third kappa shape index (κ3) is 1.92. The van der Waals surface area contributed by atoms with Crippen molar-refractivity contribution in [3.05, 3.63) is 29.8 Å².